The highest BCUT2D eigenvalue weighted by atomic mass is 14.9. The molecule has 2 aromatic rings. The maximum Gasteiger partial charge on any atom is 0.0422 e. The van der Waals surface area contributed by atoms with E-state index in [4.69, 9.17) is 0 Å². The van der Waals surface area contributed by atoms with E-state index in [2.05, 4.69) is 131 Å². The largest absolute Gasteiger partial charge is 0.380 e. The summed E-state index contributed by atoms with van der Waals surface area (Å²) in [5.41, 5.74) is 15.0. The van der Waals surface area contributed by atoms with Gasteiger partial charge in [0.15, 0.2) is 0 Å². The van der Waals surface area contributed by atoms with Gasteiger partial charge < -0.3 is 5.32 Å². The molecule has 2 aromatic carbocycles. The van der Waals surface area contributed by atoms with Gasteiger partial charge in [0.05, 0.1) is 0 Å². The molecule has 1 aliphatic heterocycles. The summed E-state index contributed by atoms with van der Waals surface area (Å²) in [6, 6.07) is 16.0. The van der Waals surface area contributed by atoms with Crippen LogP contribution in [0.15, 0.2) is 113 Å². The number of fused-ring (bicyclic) bond motifs is 1. The number of allylic oxidation sites excluding steroid dienone is 13. The predicted molar refractivity (Wildman–Crippen MR) is 157 cm³/mol. The van der Waals surface area contributed by atoms with Crippen LogP contribution in [0.4, 0.5) is 5.69 Å². The Morgan fingerprint density at radius 2 is 1.81 bits per heavy atom. The maximum absolute atomic E-state index is 3.57. The van der Waals surface area contributed by atoms with E-state index < -0.39 is 0 Å². The quantitative estimate of drug-likeness (QED) is 0.468. The number of hydrogen-bond acceptors (Lipinski definition) is 1. The first-order valence-electron chi connectivity index (χ1n) is 13.2. The van der Waals surface area contributed by atoms with Crippen LogP contribution < -0.4 is 5.32 Å². The van der Waals surface area contributed by atoms with Crippen LogP contribution in [0.2, 0.25) is 0 Å². The Labute approximate surface area is 217 Å². The molecule has 182 valence electrons. The molecule has 5 rings (SSSR count). The number of rotatable bonds is 4. The van der Waals surface area contributed by atoms with Crippen molar-refractivity contribution >= 4 is 16.8 Å². The van der Waals surface area contributed by atoms with E-state index in [-0.39, 0.29) is 5.41 Å². The van der Waals surface area contributed by atoms with Crippen LogP contribution in [0.3, 0.4) is 0 Å². The molecule has 0 fully saturated rings. The number of nitrogens with one attached hydrogen (secondary N) is 1. The molecule has 1 heterocycles. The van der Waals surface area contributed by atoms with Crippen molar-refractivity contribution < 1.29 is 0 Å². The normalized spacial score (nSPS) is 21.8. The molecule has 1 nitrogen and oxygen atoms in total. The van der Waals surface area contributed by atoms with Crippen LogP contribution in [-0.2, 0) is 6.42 Å². The number of anilines is 1. The zero-order chi connectivity index (χ0) is 25.3. The van der Waals surface area contributed by atoms with Gasteiger partial charge in [-0.25, -0.2) is 0 Å². The monoisotopic (exact) mass is 471 g/mol. The van der Waals surface area contributed by atoms with E-state index in [1.165, 1.54) is 61.4 Å². The van der Waals surface area contributed by atoms with Gasteiger partial charge in [-0.05, 0) is 95.9 Å². The topological polar surface area (TPSA) is 12.0 Å². The molecule has 2 aliphatic carbocycles. The van der Waals surface area contributed by atoms with Crippen LogP contribution in [-0.4, -0.2) is 6.54 Å². The predicted octanol–water partition coefficient (Wildman–Crippen LogP) is 9.23. The summed E-state index contributed by atoms with van der Waals surface area (Å²) in [4.78, 5) is 0. The Bertz CT molecular complexity index is 1410. The summed E-state index contributed by atoms with van der Waals surface area (Å²) in [5, 5.41) is 3.57. The lowest BCUT2D eigenvalue weighted by atomic mass is 9.79. The smallest absolute Gasteiger partial charge is 0.0422 e. The zero-order valence-electron chi connectivity index (χ0n) is 22.3. The van der Waals surface area contributed by atoms with Crippen LogP contribution in [0.25, 0.3) is 11.1 Å². The fourth-order valence-electron chi connectivity index (χ4n) is 6.06. The Hall–Kier alpha value is -3.58. The van der Waals surface area contributed by atoms with E-state index in [0.29, 0.717) is 0 Å². The lowest BCUT2D eigenvalue weighted by Crippen LogP contribution is -2.12. The molecule has 0 radical (unpaired) electrons. The van der Waals surface area contributed by atoms with Crippen molar-refractivity contribution in [3.63, 3.8) is 0 Å². The van der Waals surface area contributed by atoms with Crippen molar-refractivity contribution in [1.82, 2.24) is 0 Å². The van der Waals surface area contributed by atoms with E-state index in [0.717, 1.165) is 19.4 Å². The summed E-state index contributed by atoms with van der Waals surface area (Å²) in [7, 11) is 0. The van der Waals surface area contributed by atoms with Gasteiger partial charge in [0.25, 0.3) is 0 Å². The summed E-state index contributed by atoms with van der Waals surface area (Å²) >= 11 is 0. The molecule has 0 saturated heterocycles. The minimum absolute atomic E-state index is 0.0262. The van der Waals surface area contributed by atoms with Gasteiger partial charge in [0.2, 0.25) is 0 Å². The van der Waals surface area contributed by atoms with Gasteiger partial charge in [-0.15, -0.1) is 0 Å². The summed E-state index contributed by atoms with van der Waals surface area (Å²) in [6.45, 7) is 12.0. The van der Waals surface area contributed by atoms with Gasteiger partial charge in [0, 0.05) is 23.2 Å². The molecule has 0 spiro atoms. The molecular formula is C35H37N. The highest BCUT2D eigenvalue weighted by Gasteiger charge is 2.38. The van der Waals surface area contributed by atoms with Crippen LogP contribution >= 0.6 is 0 Å². The molecule has 0 aromatic heterocycles. The summed E-state index contributed by atoms with van der Waals surface area (Å²) in [6.07, 6.45) is 20.0. The first-order valence-corrected chi connectivity index (χ1v) is 13.2. The second-order valence-electron chi connectivity index (χ2n) is 10.5. The minimum Gasteiger partial charge on any atom is -0.380 e. The highest BCUT2D eigenvalue weighted by molar-refractivity contribution is 5.85. The third-order valence-electron chi connectivity index (χ3n) is 7.84. The third-order valence-corrected chi connectivity index (χ3v) is 7.84. The fraction of sp³-hybridized carbons (Fsp3) is 0.257. The first-order chi connectivity index (χ1) is 17.5. The molecule has 3 aliphatic rings. The van der Waals surface area contributed by atoms with Crippen molar-refractivity contribution in [3.8, 4) is 0 Å². The molecule has 0 bridgehead atoms. The van der Waals surface area contributed by atoms with E-state index in [1.807, 2.05) is 0 Å². The van der Waals surface area contributed by atoms with E-state index in [1.54, 1.807) is 0 Å². The molecule has 0 unspecified atom stereocenters. The van der Waals surface area contributed by atoms with Gasteiger partial charge in [-0.2, -0.15) is 0 Å². The van der Waals surface area contributed by atoms with Crippen molar-refractivity contribution in [2.75, 3.05) is 11.9 Å². The van der Waals surface area contributed by atoms with E-state index >= 15 is 0 Å². The Morgan fingerprint density at radius 3 is 2.58 bits per heavy atom. The van der Waals surface area contributed by atoms with Gasteiger partial charge in [0.1, 0.15) is 0 Å². The Morgan fingerprint density at radius 1 is 0.972 bits per heavy atom. The lowest BCUT2D eigenvalue weighted by molar-refractivity contribution is 0.577. The molecule has 0 atom stereocenters. The van der Waals surface area contributed by atoms with Crippen molar-refractivity contribution in [2.45, 2.75) is 47.5 Å². The maximum atomic E-state index is 3.57. The lowest BCUT2D eigenvalue weighted by Gasteiger charge is -2.24. The second kappa shape index (κ2) is 9.82. The van der Waals surface area contributed by atoms with Gasteiger partial charge in [-0.3, -0.25) is 0 Å². The average molecular weight is 472 g/mol. The highest BCUT2D eigenvalue weighted by Crippen LogP contribution is 2.53. The van der Waals surface area contributed by atoms with Gasteiger partial charge in [-0.1, -0.05) is 92.8 Å². The number of benzene rings is 2. The van der Waals surface area contributed by atoms with Crippen LogP contribution in [0.1, 0.15) is 63.3 Å². The third kappa shape index (κ3) is 4.28. The minimum atomic E-state index is 0.0262. The van der Waals surface area contributed by atoms with Crippen LogP contribution in [0.5, 0.6) is 0 Å². The van der Waals surface area contributed by atoms with Crippen molar-refractivity contribution in [3.05, 3.63) is 136 Å². The average Bonchev–Trinajstić information content (AvgIpc) is 3.25. The number of hydrogen-bond donors (Lipinski definition) is 1. The second-order valence-corrected chi connectivity index (χ2v) is 10.5. The molecule has 1 N–H and O–H groups in total. The molecular weight excluding hydrogens is 434 g/mol. The molecule has 0 saturated carbocycles. The standard InChI is InChI=1S/C35H37N/c1-6-9-13-28-23-36-34-21-25(17-18-30(28)34)19-24-12-10-14-26(20-24)27-15-11-16-31-29(7-2)32(8-3)35(4,5)33(31)22-27/h6-15,17-18,20-22,36H,16,19,23H2,1-5H3/b9-6-,28-13+,29-7-,32-8+. The molecule has 36 heavy (non-hydrogen) atoms. The van der Waals surface area contributed by atoms with Crippen LogP contribution in [0, 0.1) is 5.41 Å². The molecule has 1 heteroatoms. The Kier molecular flexibility index (Phi) is 6.58. The fourth-order valence-corrected chi connectivity index (χ4v) is 6.06. The van der Waals surface area contributed by atoms with Gasteiger partial charge >= 0.3 is 0 Å². The SMILES string of the molecule is C/C=C\C=C1/CNc2cc(Cc3cccc(C4=CC5=C(CC=C4)C(=C/C)/C(=C\C)C5(C)C)c3)ccc21. The summed E-state index contributed by atoms with van der Waals surface area (Å²) in [5.74, 6) is 0. The zero-order valence-corrected chi connectivity index (χ0v) is 22.3. The summed E-state index contributed by atoms with van der Waals surface area (Å²) < 4.78 is 0. The molecule has 0 amide bonds. The Balaban J connectivity index is 1.44. The first kappa shape index (κ1) is 24.1. The van der Waals surface area contributed by atoms with Crippen molar-refractivity contribution in [1.29, 1.82) is 0 Å². The van der Waals surface area contributed by atoms with Crippen molar-refractivity contribution in [2.24, 2.45) is 5.41 Å². The van der Waals surface area contributed by atoms with E-state index in [9.17, 15) is 0 Å².